The Morgan fingerprint density at radius 3 is 2.51 bits per heavy atom. The number of carboxylic acid groups (broad SMARTS) is 1. The number of nitrogens with one attached hydrogen (secondary N) is 1. The van der Waals surface area contributed by atoms with Crippen LogP contribution >= 0.6 is 0 Å². The van der Waals surface area contributed by atoms with Crippen molar-refractivity contribution in [2.75, 3.05) is 18.5 Å². The number of nitrogens with zero attached hydrogens (tertiary/aromatic N) is 5. The van der Waals surface area contributed by atoms with E-state index in [1.165, 1.54) is 6.42 Å². The number of hydrogen-bond acceptors (Lipinski definition) is 8. The van der Waals surface area contributed by atoms with Gasteiger partial charge in [0.1, 0.15) is 12.1 Å². The number of hydroxylamine groups is 1. The van der Waals surface area contributed by atoms with Gasteiger partial charge in [0.2, 0.25) is 0 Å². The van der Waals surface area contributed by atoms with Gasteiger partial charge in [-0.25, -0.2) is 15.3 Å². The molecule has 2 bridgehead atoms. The molecule has 3 aromatic rings. The number of carbonyl (C=O) groups excluding carboxylic acids is 1. The van der Waals surface area contributed by atoms with Crippen molar-refractivity contribution < 1.29 is 19.5 Å². The molecule has 4 atom stereocenters. The van der Waals surface area contributed by atoms with E-state index in [9.17, 15) is 20.0 Å². The van der Waals surface area contributed by atoms with E-state index in [1.54, 1.807) is 18.3 Å². The number of nitriles is 1. The molecular weight excluding hydrogens is 592 g/mol. The number of hydrogen-bond donors (Lipinski definition) is 2. The molecule has 6 rings (SSSR count). The Hall–Kier alpha value is -4.07. The number of carbonyl (C=O) groups is 2. The van der Waals surface area contributed by atoms with E-state index in [0.29, 0.717) is 48.6 Å². The van der Waals surface area contributed by atoms with Crippen molar-refractivity contribution in [3.05, 3.63) is 64.1 Å². The molecular formula is C37H46N6O4. The summed E-state index contributed by atoms with van der Waals surface area (Å²) < 4.78 is 2.03. The first-order valence-electron chi connectivity index (χ1n) is 16.7. The minimum Gasteiger partial charge on any atom is -0.476 e. The average Bonchev–Trinajstić information content (AvgIpc) is 3.36. The highest BCUT2D eigenvalue weighted by Crippen LogP contribution is 2.63. The summed E-state index contributed by atoms with van der Waals surface area (Å²) in [5, 5.41) is 24.7. The maximum absolute atomic E-state index is 12.6. The van der Waals surface area contributed by atoms with Gasteiger partial charge in [0.15, 0.2) is 5.69 Å². The lowest BCUT2D eigenvalue weighted by Gasteiger charge is -2.61. The molecule has 10 heteroatoms. The molecule has 0 radical (unpaired) electrons. The van der Waals surface area contributed by atoms with E-state index < -0.39 is 5.97 Å². The summed E-state index contributed by atoms with van der Waals surface area (Å²) in [4.78, 5) is 37.4. The minimum atomic E-state index is -1.11. The van der Waals surface area contributed by atoms with Crippen molar-refractivity contribution >= 4 is 18.1 Å². The zero-order valence-electron chi connectivity index (χ0n) is 28.4. The van der Waals surface area contributed by atoms with Crippen LogP contribution in [0.1, 0.15) is 109 Å². The molecule has 0 saturated heterocycles. The van der Waals surface area contributed by atoms with Crippen LogP contribution in [0.2, 0.25) is 0 Å². The second kappa shape index (κ2) is 11.9. The topological polar surface area (TPSA) is 133 Å². The van der Waals surface area contributed by atoms with E-state index >= 15 is 0 Å². The lowest BCUT2D eigenvalue weighted by molar-refractivity contribution is -0.220. The second-order valence-corrected chi connectivity index (χ2v) is 15.4. The van der Waals surface area contributed by atoms with Crippen molar-refractivity contribution in [2.45, 2.75) is 98.3 Å². The second-order valence-electron chi connectivity index (χ2n) is 15.4. The summed E-state index contributed by atoms with van der Waals surface area (Å²) in [7, 11) is 1.86. The van der Waals surface area contributed by atoms with Gasteiger partial charge in [-0.3, -0.25) is 14.3 Å². The lowest BCUT2D eigenvalue weighted by Crippen LogP contribution is -2.58. The third-order valence-corrected chi connectivity index (χ3v) is 11.2. The van der Waals surface area contributed by atoms with E-state index in [-0.39, 0.29) is 27.5 Å². The summed E-state index contributed by atoms with van der Waals surface area (Å²) in [6, 6.07) is 9.24. The van der Waals surface area contributed by atoms with Crippen LogP contribution < -0.4 is 10.4 Å². The molecule has 248 valence electrons. The van der Waals surface area contributed by atoms with Gasteiger partial charge in [0.05, 0.1) is 23.4 Å². The van der Waals surface area contributed by atoms with Crippen molar-refractivity contribution in [1.82, 2.24) is 20.2 Å². The van der Waals surface area contributed by atoms with Gasteiger partial charge in [-0.15, -0.1) is 0 Å². The fraction of sp³-hybridized carbons (Fsp3) is 0.541. The smallest absolute Gasteiger partial charge is 0.355 e. The number of pyridine rings is 1. The van der Waals surface area contributed by atoms with Crippen LogP contribution in [-0.2, 0) is 24.3 Å². The predicted molar refractivity (Wildman–Crippen MR) is 179 cm³/mol. The van der Waals surface area contributed by atoms with Crippen LogP contribution in [0.15, 0.2) is 30.5 Å². The molecule has 0 amide bonds. The summed E-state index contributed by atoms with van der Waals surface area (Å²) in [5.41, 5.74) is 8.00. The number of aldehydes is 1. The SMILES string of the molecule is CCC1(C)CC2(C)CC(C)(Cn3ncc(-c4ccc(N5CCc6c(C#N)ccc(C=O)c6C5)nc4C(=O)O)c3C)CC(ONC)(C1)C2. The fourth-order valence-electron chi connectivity index (χ4n) is 9.93. The minimum absolute atomic E-state index is 0.0384. The van der Waals surface area contributed by atoms with Crippen LogP contribution in [0.4, 0.5) is 5.82 Å². The molecule has 47 heavy (non-hydrogen) atoms. The molecule has 2 aromatic heterocycles. The summed E-state index contributed by atoms with van der Waals surface area (Å²) in [6.45, 7) is 13.1. The monoisotopic (exact) mass is 638 g/mol. The molecule has 2 N–H and O–H groups in total. The largest absolute Gasteiger partial charge is 0.476 e. The Labute approximate surface area is 277 Å². The first kappa shape index (κ1) is 32.9. The number of carboxylic acids is 1. The van der Waals surface area contributed by atoms with Crippen LogP contribution in [0.25, 0.3) is 11.1 Å². The molecule has 3 aliphatic rings. The van der Waals surface area contributed by atoms with Crippen LogP contribution in [0.3, 0.4) is 0 Å². The molecule has 10 nitrogen and oxygen atoms in total. The zero-order valence-corrected chi connectivity index (χ0v) is 28.4. The quantitative estimate of drug-likeness (QED) is 0.199. The number of aromatic nitrogens is 3. The maximum atomic E-state index is 12.6. The normalized spacial score (nSPS) is 28.4. The van der Waals surface area contributed by atoms with Gasteiger partial charge in [-0.1, -0.05) is 40.2 Å². The first-order chi connectivity index (χ1) is 22.3. The molecule has 2 aliphatic carbocycles. The summed E-state index contributed by atoms with van der Waals surface area (Å²) in [6.07, 6.45) is 9.46. The van der Waals surface area contributed by atoms with Crippen molar-refractivity contribution in [3.8, 4) is 17.2 Å². The molecule has 2 saturated carbocycles. The molecule has 1 aromatic carbocycles. The van der Waals surface area contributed by atoms with Gasteiger partial charge in [-0.05, 0) is 91.0 Å². The van der Waals surface area contributed by atoms with Crippen molar-refractivity contribution in [2.24, 2.45) is 16.2 Å². The van der Waals surface area contributed by atoms with Crippen molar-refractivity contribution in [3.63, 3.8) is 0 Å². The molecule has 1 aliphatic heterocycles. The molecule has 0 spiro atoms. The highest BCUT2D eigenvalue weighted by molar-refractivity contribution is 5.94. The van der Waals surface area contributed by atoms with Crippen LogP contribution in [-0.4, -0.2) is 51.3 Å². The third-order valence-electron chi connectivity index (χ3n) is 11.2. The molecule has 4 unspecified atom stereocenters. The summed E-state index contributed by atoms with van der Waals surface area (Å²) >= 11 is 0. The predicted octanol–water partition coefficient (Wildman–Crippen LogP) is 6.50. The van der Waals surface area contributed by atoms with Gasteiger partial charge in [-0.2, -0.15) is 10.4 Å². The van der Waals surface area contributed by atoms with Crippen LogP contribution in [0.5, 0.6) is 0 Å². The lowest BCUT2D eigenvalue weighted by atomic mass is 9.47. The summed E-state index contributed by atoms with van der Waals surface area (Å²) in [5.74, 6) is -0.596. The molecule has 2 fully saturated rings. The zero-order chi connectivity index (χ0) is 33.8. The standard InChI is InChI=1S/C37H46N6O4/c1-7-34(3)18-35(4)19-36(5,22-37(20-34,21-35)47-39-6)23-43-24(2)29(15-40-43)28-10-11-31(41-32(28)33(45)46)42-13-12-27-25(14-38)8-9-26(17-44)30(27)16-42/h8-11,15,17,39H,7,12-13,16,18-23H2,1-6H3,(H,45,46). The Morgan fingerprint density at radius 1 is 1.09 bits per heavy atom. The van der Waals surface area contributed by atoms with Crippen LogP contribution in [0, 0.1) is 34.5 Å². The number of anilines is 1. The van der Waals surface area contributed by atoms with Gasteiger partial charge in [0.25, 0.3) is 0 Å². The average molecular weight is 639 g/mol. The highest BCUT2D eigenvalue weighted by atomic mass is 16.7. The fourth-order valence-corrected chi connectivity index (χ4v) is 9.93. The van der Waals surface area contributed by atoms with E-state index in [4.69, 9.17) is 9.94 Å². The number of rotatable bonds is 9. The van der Waals surface area contributed by atoms with Crippen molar-refractivity contribution in [1.29, 1.82) is 5.26 Å². The van der Waals surface area contributed by atoms with Gasteiger partial charge >= 0.3 is 5.97 Å². The number of aromatic carboxylic acids is 1. The highest BCUT2D eigenvalue weighted by Gasteiger charge is 2.59. The number of benzene rings is 1. The molecule has 3 heterocycles. The van der Waals surface area contributed by atoms with E-state index in [1.807, 2.05) is 35.7 Å². The Bertz CT molecular complexity index is 1780. The Kier molecular flexibility index (Phi) is 8.30. The van der Waals surface area contributed by atoms with Gasteiger partial charge in [0, 0.05) is 49.1 Å². The number of fused-ring (bicyclic) bond motifs is 3. The van der Waals surface area contributed by atoms with Gasteiger partial charge < -0.3 is 10.0 Å². The van der Waals surface area contributed by atoms with E-state index in [2.05, 4.69) is 44.2 Å². The third kappa shape index (κ3) is 5.96. The first-order valence-corrected chi connectivity index (χ1v) is 16.7. The maximum Gasteiger partial charge on any atom is 0.355 e. The van der Waals surface area contributed by atoms with E-state index in [0.717, 1.165) is 60.8 Å². The Morgan fingerprint density at radius 2 is 1.83 bits per heavy atom. The Balaban J connectivity index is 1.28.